The van der Waals surface area contributed by atoms with E-state index in [2.05, 4.69) is 5.32 Å². The first kappa shape index (κ1) is 19.9. The topological polar surface area (TPSA) is 92.8 Å². The maximum Gasteiger partial charge on any atom is 0.263 e. The fraction of sp³-hybridized carbons (Fsp3) is 0.300. The molecule has 3 rings (SSSR count). The summed E-state index contributed by atoms with van der Waals surface area (Å²) in [6.45, 7) is 3.37. The highest BCUT2D eigenvalue weighted by Gasteiger charge is 2.33. The second kappa shape index (κ2) is 7.63. The van der Waals surface area contributed by atoms with Crippen molar-refractivity contribution in [3.63, 3.8) is 0 Å². The van der Waals surface area contributed by atoms with Crippen molar-refractivity contribution >= 4 is 27.3 Å². The highest BCUT2D eigenvalue weighted by molar-refractivity contribution is 7.90. The van der Waals surface area contributed by atoms with Crippen molar-refractivity contribution in [3.05, 3.63) is 54.1 Å². The first-order valence-electron chi connectivity index (χ1n) is 8.81. The van der Waals surface area contributed by atoms with Crippen LogP contribution >= 0.6 is 0 Å². The summed E-state index contributed by atoms with van der Waals surface area (Å²) in [5.74, 6) is -0.0346. The summed E-state index contributed by atoms with van der Waals surface area (Å²) in [5.41, 5.74) is 1.41. The lowest BCUT2D eigenvalue weighted by Crippen LogP contribution is -2.50. The minimum atomic E-state index is -3.27. The molecule has 148 valence electrons. The van der Waals surface area contributed by atoms with Gasteiger partial charge in [0.05, 0.1) is 23.2 Å². The molecule has 7 nitrogen and oxygen atoms in total. The minimum Gasteiger partial charge on any atom is -0.477 e. The van der Waals surface area contributed by atoms with Crippen LogP contribution in [0.1, 0.15) is 25.5 Å². The van der Waals surface area contributed by atoms with Crippen LogP contribution in [0.25, 0.3) is 0 Å². The van der Waals surface area contributed by atoms with E-state index in [-0.39, 0.29) is 29.3 Å². The van der Waals surface area contributed by atoms with Gasteiger partial charge in [0.15, 0.2) is 15.9 Å². The van der Waals surface area contributed by atoms with Gasteiger partial charge in [-0.3, -0.25) is 9.59 Å². The zero-order chi connectivity index (χ0) is 20.5. The van der Waals surface area contributed by atoms with Crippen LogP contribution in [0.5, 0.6) is 5.75 Å². The summed E-state index contributed by atoms with van der Waals surface area (Å²) in [7, 11) is -3.27. The number of carbonyl (C=O) groups is 2. The third kappa shape index (κ3) is 4.17. The van der Waals surface area contributed by atoms with E-state index in [0.717, 1.165) is 11.8 Å². The van der Waals surface area contributed by atoms with E-state index in [1.54, 1.807) is 43.3 Å². The van der Waals surface area contributed by atoms with Gasteiger partial charge in [0, 0.05) is 13.2 Å². The molecule has 2 amide bonds. The second-order valence-electron chi connectivity index (χ2n) is 6.78. The first-order chi connectivity index (χ1) is 13.2. The van der Waals surface area contributed by atoms with Crippen molar-refractivity contribution in [2.45, 2.75) is 30.9 Å². The van der Waals surface area contributed by atoms with Gasteiger partial charge < -0.3 is 15.0 Å². The molecule has 28 heavy (non-hydrogen) atoms. The van der Waals surface area contributed by atoms with Crippen LogP contribution in [0, 0.1) is 0 Å². The number of hydrogen-bond acceptors (Lipinski definition) is 5. The van der Waals surface area contributed by atoms with Crippen molar-refractivity contribution in [1.82, 2.24) is 5.32 Å². The van der Waals surface area contributed by atoms with Crippen LogP contribution in [0.2, 0.25) is 0 Å². The molecule has 2 aromatic rings. The molecule has 2 atom stereocenters. The molecule has 0 spiro atoms. The quantitative estimate of drug-likeness (QED) is 0.845. The second-order valence-corrected chi connectivity index (χ2v) is 8.79. The van der Waals surface area contributed by atoms with E-state index >= 15 is 0 Å². The maximum absolute atomic E-state index is 12.7. The van der Waals surface area contributed by atoms with E-state index in [9.17, 15) is 18.0 Å². The highest BCUT2D eigenvalue weighted by atomic mass is 32.2. The average Bonchev–Trinajstić information content (AvgIpc) is 2.66. The fourth-order valence-corrected chi connectivity index (χ4v) is 3.69. The Bertz CT molecular complexity index is 1000. The summed E-state index contributed by atoms with van der Waals surface area (Å²) in [4.78, 5) is 26.4. The summed E-state index contributed by atoms with van der Waals surface area (Å²) in [6, 6.07) is 13.1. The predicted octanol–water partition coefficient (Wildman–Crippen LogP) is 2.08. The van der Waals surface area contributed by atoms with Crippen molar-refractivity contribution in [3.8, 4) is 5.75 Å². The van der Waals surface area contributed by atoms with Crippen molar-refractivity contribution < 1.29 is 22.7 Å². The molecule has 0 saturated heterocycles. The number of amides is 2. The summed E-state index contributed by atoms with van der Waals surface area (Å²) < 4.78 is 28.9. The Morgan fingerprint density at radius 1 is 1.14 bits per heavy atom. The van der Waals surface area contributed by atoms with Crippen LogP contribution in [0.15, 0.2) is 53.4 Å². The molecule has 2 unspecified atom stereocenters. The molecule has 1 aliphatic rings. The molecule has 1 heterocycles. The Hall–Kier alpha value is -2.87. The van der Waals surface area contributed by atoms with E-state index in [4.69, 9.17) is 4.74 Å². The van der Waals surface area contributed by atoms with Gasteiger partial charge in [0.25, 0.3) is 5.91 Å². The first-order valence-corrected chi connectivity index (χ1v) is 10.7. The number of sulfone groups is 1. The molecule has 0 bridgehead atoms. The predicted molar refractivity (Wildman–Crippen MR) is 105 cm³/mol. The molecule has 0 aliphatic carbocycles. The number of ether oxygens (including phenoxy) is 1. The molecule has 1 N–H and O–H groups in total. The number of fused-ring (bicyclic) bond motifs is 1. The summed E-state index contributed by atoms with van der Waals surface area (Å²) >= 11 is 0. The Kier molecular flexibility index (Phi) is 5.42. The maximum atomic E-state index is 12.7. The Morgan fingerprint density at radius 3 is 2.39 bits per heavy atom. The van der Waals surface area contributed by atoms with Gasteiger partial charge in [-0.1, -0.05) is 24.3 Å². The molecule has 0 aromatic heterocycles. The number of nitrogens with one attached hydrogen (secondary N) is 1. The zero-order valence-corrected chi connectivity index (χ0v) is 16.7. The third-order valence-electron chi connectivity index (χ3n) is 4.61. The molecular formula is C20H22N2O5S. The number of rotatable bonds is 4. The molecule has 8 heteroatoms. The molecule has 0 saturated carbocycles. The largest absolute Gasteiger partial charge is 0.477 e. The number of para-hydroxylation sites is 2. The number of hydrogen-bond donors (Lipinski definition) is 1. The number of nitrogens with zero attached hydrogens (tertiary/aromatic N) is 1. The number of anilines is 1. The molecular weight excluding hydrogens is 380 g/mol. The Balaban J connectivity index is 1.73. The lowest BCUT2D eigenvalue weighted by molar-refractivity contribution is -0.129. The van der Waals surface area contributed by atoms with E-state index in [1.165, 1.54) is 24.0 Å². The number of carbonyl (C=O) groups excluding carboxylic acids is 2. The highest BCUT2D eigenvalue weighted by Crippen LogP contribution is 2.33. The smallest absolute Gasteiger partial charge is 0.263 e. The zero-order valence-electron chi connectivity index (χ0n) is 15.9. The van der Waals surface area contributed by atoms with Crippen LogP contribution in [0.3, 0.4) is 0 Å². The van der Waals surface area contributed by atoms with Gasteiger partial charge in [-0.25, -0.2) is 8.42 Å². The van der Waals surface area contributed by atoms with E-state index < -0.39 is 15.9 Å². The van der Waals surface area contributed by atoms with Gasteiger partial charge in [-0.15, -0.1) is 0 Å². The van der Waals surface area contributed by atoms with Crippen LogP contribution < -0.4 is 15.0 Å². The summed E-state index contributed by atoms with van der Waals surface area (Å²) in [6.07, 6.45) is 0.309. The van der Waals surface area contributed by atoms with Gasteiger partial charge in [0.1, 0.15) is 5.75 Å². The average molecular weight is 402 g/mol. The van der Waals surface area contributed by atoms with Gasteiger partial charge in [-0.05, 0) is 36.8 Å². The van der Waals surface area contributed by atoms with Crippen LogP contribution in [-0.4, -0.2) is 39.1 Å². The summed E-state index contributed by atoms with van der Waals surface area (Å²) in [5, 5.41) is 2.86. The molecule has 2 aromatic carbocycles. The van der Waals surface area contributed by atoms with Crippen LogP contribution in [0.4, 0.5) is 5.69 Å². The Labute approximate surface area is 164 Å². The van der Waals surface area contributed by atoms with Gasteiger partial charge >= 0.3 is 0 Å². The lowest BCUT2D eigenvalue weighted by Gasteiger charge is -2.34. The number of benzene rings is 2. The third-order valence-corrected chi connectivity index (χ3v) is 5.74. The monoisotopic (exact) mass is 402 g/mol. The standard InChI is InChI=1S/C20H22N2O5S/c1-13(15-8-10-16(11-9-15)28(3,25)26)21-20(24)19-12-22(14(2)23)17-6-4-5-7-18(17)27-19/h4-11,13,19H,12H2,1-3H3,(H,21,24). The van der Waals surface area contributed by atoms with Crippen molar-refractivity contribution in [1.29, 1.82) is 0 Å². The molecule has 1 aliphatic heterocycles. The van der Waals surface area contributed by atoms with Crippen molar-refractivity contribution in [2.75, 3.05) is 17.7 Å². The van der Waals surface area contributed by atoms with Gasteiger partial charge in [0.2, 0.25) is 5.91 Å². The normalized spacial score (nSPS) is 17.2. The SMILES string of the molecule is CC(=O)N1CC(C(=O)NC(C)c2ccc(S(C)(=O)=O)cc2)Oc2ccccc21. The fourth-order valence-electron chi connectivity index (χ4n) is 3.06. The lowest BCUT2D eigenvalue weighted by atomic mass is 10.1. The van der Waals surface area contributed by atoms with E-state index in [1.807, 2.05) is 0 Å². The van der Waals surface area contributed by atoms with E-state index in [0.29, 0.717) is 11.4 Å². The van der Waals surface area contributed by atoms with Crippen molar-refractivity contribution in [2.24, 2.45) is 0 Å². The van der Waals surface area contributed by atoms with Crippen LogP contribution in [-0.2, 0) is 19.4 Å². The minimum absolute atomic E-state index is 0.123. The van der Waals surface area contributed by atoms with Gasteiger partial charge in [-0.2, -0.15) is 0 Å². The molecule has 0 fully saturated rings. The Morgan fingerprint density at radius 2 is 1.79 bits per heavy atom. The molecule has 0 radical (unpaired) electrons.